The highest BCUT2D eigenvalue weighted by atomic mass is 35.5. The van der Waals surface area contributed by atoms with Crippen LogP contribution < -0.4 is 5.32 Å². The maximum atomic E-state index is 13.2. The predicted octanol–water partition coefficient (Wildman–Crippen LogP) is 4.95. The first-order chi connectivity index (χ1) is 17.3. The van der Waals surface area contributed by atoms with Crippen LogP contribution in [0.1, 0.15) is 43.5 Å². The lowest BCUT2D eigenvalue weighted by Gasteiger charge is -2.31. The van der Waals surface area contributed by atoms with E-state index in [0.717, 1.165) is 30.7 Å². The van der Waals surface area contributed by atoms with E-state index in [1.165, 1.54) is 11.8 Å². The fourth-order valence-electron chi connectivity index (χ4n) is 4.31. The van der Waals surface area contributed by atoms with Gasteiger partial charge >= 0.3 is 0 Å². The molecule has 1 N–H and O–H groups in total. The Morgan fingerprint density at radius 1 is 1.17 bits per heavy atom. The van der Waals surface area contributed by atoms with Crippen molar-refractivity contribution in [3.05, 3.63) is 64.9 Å². The Morgan fingerprint density at radius 3 is 2.69 bits per heavy atom. The van der Waals surface area contributed by atoms with Gasteiger partial charge in [0, 0.05) is 36.3 Å². The number of carbonyl (C=O) groups excluding carboxylic acids is 1. The zero-order valence-electron chi connectivity index (χ0n) is 20.4. The van der Waals surface area contributed by atoms with Gasteiger partial charge in [0.15, 0.2) is 5.16 Å². The van der Waals surface area contributed by atoms with Crippen LogP contribution in [0, 0.1) is 6.92 Å². The number of rotatable bonds is 9. The van der Waals surface area contributed by atoms with E-state index < -0.39 is 10.0 Å². The normalized spacial score (nSPS) is 16.7. The molecule has 1 amide bonds. The molecule has 1 atom stereocenters. The number of halogens is 1. The van der Waals surface area contributed by atoms with Crippen molar-refractivity contribution in [1.82, 2.24) is 19.1 Å². The van der Waals surface area contributed by atoms with Crippen LogP contribution >= 0.6 is 23.4 Å². The summed E-state index contributed by atoms with van der Waals surface area (Å²) in [5.41, 5.74) is 1.51. The van der Waals surface area contributed by atoms with E-state index in [-0.39, 0.29) is 17.6 Å². The molecule has 0 spiro atoms. The summed E-state index contributed by atoms with van der Waals surface area (Å²) in [4.78, 5) is 12.9. The Morgan fingerprint density at radius 2 is 1.94 bits per heavy atom. The zero-order chi connectivity index (χ0) is 25.7. The molecule has 4 rings (SSSR count). The summed E-state index contributed by atoms with van der Waals surface area (Å²) in [5, 5.41) is 13.0. The second kappa shape index (κ2) is 11.8. The molecule has 0 aliphatic carbocycles. The van der Waals surface area contributed by atoms with Crippen LogP contribution in [0.15, 0.2) is 58.6 Å². The number of benzene rings is 2. The Balaban J connectivity index is 1.47. The molecule has 2 aromatic carbocycles. The maximum Gasteiger partial charge on any atom is 0.243 e. The van der Waals surface area contributed by atoms with Gasteiger partial charge in [-0.2, -0.15) is 4.31 Å². The molecule has 2 heterocycles. The zero-order valence-corrected chi connectivity index (χ0v) is 22.7. The number of piperidine rings is 1. The molecule has 1 unspecified atom stereocenters. The van der Waals surface area contributed by atoms with Crippen molar-refractivity contribution >= 4 is 45.0 Å². The van der Waals surface area contributed by atoms with Crippen LogP contribution in [0.4, 0.5) is 5.69 Å². The lowest BCUT2D eigenvalue weighted by atomic mass is 9.99. The third-order valence-electron chi connectivity index (χ3n) is 6.20. The fraction of sp³-hybridized carbons (Fsp3) is 0.400. The van der Waals surface area contributed by atoms with Gasteiger partial charge in [0.25, 0.3) is 0 Å². The van der Waals surface area contributed by atoms with Gasteiger partial charge in [-0.3, -0.25) is 4.79 Å². The second-order valence-corrected chi connectivity index (χ2v) is 12.0. The van der Waals surface area contributed by atoms with Crippen molar-refractivity contribution in [2.24, 2.45) is 0 Å². The summed E-state index contributed by atoms with van der Waals surface area (Å²) in [5.74, 6) is 0.732. The Bertz CT molecular complexity index is 1310. The number of hydrogen-bond acceptors (Lipinski definition) is 6. The van der Waals surface area contributed by atoms with E-state index in [4.69, 9.17) is 11.6 Å². The van der Waals surface area contributed by atoms with Gasteiger partial charge in [0.05, 0.1) is 10.6 Å². The van der Waals surface area contributed by atoms with Crippen molar-refractivity contribution < 1.29 is 13.2 Å². The molecule has 192 valence electrons. The smallest absolute Gasteiger partial charge is 0.243 e. The minimum Gasteiger partial charge on any atom is -0.325 e. The van der Waals surface area contributed by atoms with E-state index in [1.807, 2.05) is 17.6 Å². The van der Waals surface area contributed by atoms with Gasteiger partial charge in [-0.25, -0.2) is 8.42 Å². The number of sulfonamides is 1. The first-order valence-electron chi connectivity index (χ1n) is 12.0. The Kier molecular flexibility index (Phi) is 8.71. The molecule has 1 aromatic heterocycles. The Hall–Kier alpha value is -2.40. The van der Waals surface area contributed by atoms with E-state index >= 15 is 0 Å². The maximum absolute atomic E-state index is 13.2. The highest BCUT2D eigenvalue weighted by Crippen LogP contribution is 2.32. The summed E-state index contributed by atoms with van der Waals surface area (Å²) < 4.78 is 29.9. The van der Waals surface area contributed by atoms with Crippen LogP contribution in [0.25, 0.3) is 0 Å². The average molecular weight is 548 g/mol. The second-order valence-electron chi connectivity index (χ2n) is 8.76. The van der Waals surface area contributed by atoms with Crippen LogP contribution in [-0.4, -0.2) is 52.2 Å². The average Bonchev–Trinajstić information content (AvgIpc) is 3.29. The van der Waals surface area contributed by atoms with E-state index in [2.05, 4.69) is 22.4 Å². The molecule has 3 aromatic rings. The van der Waals surface area contributed by atoms with Crippen LogP contribution in [0.2, 0.25) is 5.02 Å². The van der Waals surface area contributed by atoms with Crippen molar-refractivity contribution in [1.29, 1.82) is 0 Å². The molecule has 1 saturated heterocycles. The third-order valence-corrected chi connectivity index (χ3v) is 9.45. The van der Waals surface area contributed by atoms with E-state index in [9.17, 15) is 13.2 Å². The molecule has 0 radical (unpaired) electrons. The number of aromatic nitrogens is 3. The summed E-state index contributed by atoms with van der Waals surface area (Å²) >= 11 is 7.48. The Labute approximate surface area is 221 Å². The SMILES string of the molecule is CCCn1c(SCC(=O)Nc2cccc(Cl)c2C)nnc1C1CCCN(S(=O)(=O)c2ccccc2)C1. The summed E-state index contributed by atoms with van der Waals surface area (Å²) in [6, 6.07) is 13.9. The number of anilines is 1. The molecule has 1 aliphatic rings. The molecule has 1 fully saturated rings. The fourth-order valence-corrected chi connectivity index (χ4v) is 6.81. The summed E-state index contributed by atoms with van der Waals surface area (Å²) in [6.45, 7) is 5.47. The topological polar surface area (TPSA) is 97.2 Å². The lowest BCUT2D eigenvalue weighted by molar-refractivity contribution is -0.113. The molecule has 0 saturated carbocycles. The van der Waals surface area contributed by atoms with Crippen LogP contribution in [0.5, 0.6) is 0 Å². The summed E-state index contributed by atoms with van der Waals surface area (Å²) in [7, 11) is -3.57. The minimum atomic E-state index is -3.57. The predicted molar refractivity (Wildman–Crippen MR) is 143 cm³/mol. The molecule has 36 heavy (non-hydrogen) atoms. The van der Waals surface area contributed by atoms with E-state index in [0.29, 0.717) is 40.4 Å². The number of nitrogens with zero attached hydrogens (tertiary/aromatic N) is 4. The monoisotopic (exact) mass is 547 g/mol. The van der Waals surface area contributed by atoms with Gasteiger partial charge in [-0.05, 0) is 56.0 Å². The number of amides is 1. The highest BCUT2D eigenvalue weighted by molar-refractivity contribution is 7.99. The van der Waals surface area contributed by atoms with Gasteiger partial charge in [-0.15, -0.1) is 10.2 Å². The van der Waals surface area contributed by atoms with Crippen LogP contribution in [0.3, 0.4) is 0 Å². The highest BCUT2D eigenvalue weighted by Gasteiger charge is 2.33. The first kappa shape index (κ1) is 26.7. The molecular weight excluding hydrogens is 518 g/mol. The number of hydrogen-bond donors (Lipinski definition) is 1. The molecule has 1 aliphatic heterocycles. The van der Waals surface area contributed by atoms with Crippen LogP contribution in [-0.2, 0) is 21.4 Å². The quantitative estimate of drug-likeness (QED) is 0.381. The standard InChI is InChI=1S/C25H30ClN5O3S2/c1-3-14-31-24(19-9-8-15-30(16-19)36(33,34)20-10-5-4-6-11-20)28-29-25(31)35-17-23(32)27-22-13-7-12-21(26)18(22)2/h4-7,10-13,19H,3,8-9,14-17H2,1-2H3,(H,27,32). The number of nitrogens with one attached hydrogen (secondary N) is 1. The van der Waals surface area contributed by atoms with Gasteiger partial charge in [0.2, 0.25) is 15.9 Å². The third kappa shape index (κ3) is 5.94. The van der Waals surface area contributed by atoms with Crippen molar-refractivity contribution in [3.63, 3.8) is 0 Å². The van der Waals surface area contributed by atoms with Gasteiger partial charge in [0.1, 0.15) is 5.82 Å². The summed E-state index contributed by atoms with van der Waals surface area (Å²) in [6.07, 6.45) is 2.45. The van der Waals surface area contributed by atoms with E-state index in [1.54, 1.807) is 46.8 Å². The number of carbonyl (C=O) groups is 1. The minimum absolute atomic E-state index is 0.0615. The number of thioether (sulfide) groups is 1. The van der Waals surface area contributed by atoms with Crippen molar-refractivity contribution in [3.8, 4) is 0 Å². The van der Waals surface area contributed by atoms with Gasteiger partial charge in [-0.1, -0.05) is 54.6 Å². The van der Waals surface area contributed by atoms with Crippen molar-refractivity contribution in [2.75, 3.05) is 24.2 Å². The molecular formula is C25H30ClN5O3S2. The first-order valence-corrected chi connectivity index (χ1v) is 14.8. The molecule has 11 heteroatoms. The van der Waals surface area contributed by atoms with Crippen molar-refractivity contribution in [2.45, 2.75) is 55.6 Å². The van der Waals surface area contributed by atoms with Gasteiger partial charge < -0.3 is 9.88 Å². The lowest BCUT2D eigenvalue weighted by Crippen LogP contribution is -2.39. The molecule has 8 nitrogen and oxygen atoms in total. The largest absolute Gasteiger partial charge is 0.325 e. The molecule has 0 bridgehead atoms.